The Kier molecular flexibility index (Phi) is 5.72. The van der Waals surface area contributed by atoms with Crippen molar-refractivity contribution in [3.8, 4) is 5.75 Å². The Bertz CT molecular complexity index is 1120. The molecule has 1 saturated carbocycles. The summed E-state index contributed by atoms with van der Waals surface area (Å²) >= 11 is 0. The second-order valence-corrected chi connectivity index (χ2v) is 10.4. The zero-order chi connectivity index (χ0) is 23.3. The third kappa shape index (κ3) is 4.77. The summed E-state index contributed by atoms with van der Waals surface area (Å²) < 4.78 is 73.5. The van der Waals surface area contributed by atoms with Crippen molar-refractivity contribution < 1.29 is 35.5 Å². The number of oxazole rings is 1. The molecule has 2 aromatic rings. The van der Waals surface area contributed by atoms with Gasteiger partial charge >= 0.3 is 6.18 Å². The number of sulfone groups is 1. The van der Waals surface area contributed by atoms with Crippen molar-refractivity contribution in [2.24, 2.45) is 0 Å². The maximum atomic E-state index is 13.2. The smallest absolute Gasteiger partial charge is 0.425 e. The van der Waals surface area contributed by atoms with Crippen LogP contribution in [0.3, 0.4) is 0 Å². The fourth-order valence-electron chi connectivity index (χ4n) is 3.63. The summed E-state index contributed by atoms with van der Waals surface area (Å²) in [4.78, 5) is 19.0. The van der Waals surface area contributed by atoms with E-state index < -0.39 is 28.0 Å². The number of nitrogens with zero attached hydrogens (tertiary/aromatic N) is 2. The van der Waals surface area contributed by atoms with Gasteiger partial charge in [-0.25, -0.2) is 13.4 Å². The lowest BCUT2D eigenvalue weighted by atomic mass is 10.1. The SMILES string of the molecule is CC(Oc1ccc(S(C)(=O)=O)cc1C(=O)N1CCC(c2coc(C3CC3)n2)C1)C(F)(F)F. The van der Waals surface area contributed by atoms with Gasteiger partial charge < -0.3 is 14.1 Å². The molecule has 1 aromatic heterocycles. The van der Waals surface area contributed by atoms with Crippen molar-refractivity contribution in [1.29, 1.82) is 0 Å². The number of aromatic nitrogens is 1. The molecule has 11 heteroatoms. The summed E-state index contributed by atoms with van der Waals surface area (Å²) in [6.07, 6.45) is -1.54. The van der Waals surface area contributed by atoms with Crippen LogP contribution in [0.1, 0.15) is 60.0 Å². The zero-order valence-electron chi connectivity index (χ0n) is 17.6. The molecule has 32 heavy (non-hydrogen) atoms. The Morgan fingerprint density at radius 1 is 1.25 bits per heavy atom. The highest BCUT2D eigenvalue weighted by molar-refractivity contribution is 7.90. The van der Waals surface area contributed by atoms with Gasteiger partial charge in [0.1, 0.15) is 12.0 Å². The number of amides is 1. The van der Waals surface area contributed by atoms with Crippen molar-refractivity contribution >= 4 is 15.7 Å². The molecule has 2 atom stereocenters. The van der Waals surface area contributed by atoms with E-state index in [4.69, 9.17) is 9.15 Å². The molecule has 174 valence electrons. The Labute approximate surface area is 183 Å². The van der Waals surface area contributed by atoms with E-state index in [-0.39, 0.29) is 22.1 Å². The molecular formula is C21H23F3N2O5S. The van der Waals surface area contributed by atoms with Gasteiger partial charge in [0.25, 0.3) is 5.91 Å². The fraction of sp³-hybridized carbons (Fsp3) is 0.524. The van der Waals surface area contributed by atoms with E-state index in [0.29, 0.717) is 31.3 Å². The number of hydrogen-bond acceptors (Lipinski definition) is 6. The molecule has 4 rings (SSSR count). The van der Waals surface area contributed by atoms with Crippen LogP contribution in [0.5, 0.6) is 5.75 Å². The molecule has 0 spiro atoms. The number of rotatable bonds is 6. The molecule has 1 aliphatic heterocycles. The van der Waals surface area contributed by atoms with Crippen LogP contribution in [-0.2, 0) is 9.84 Å². The number of halogens is 3. The lowest BCUT2D eigenvalue weighted by Gasteiger charge is -2.22. The van der Waals surface area contributed by atoms with Crippen LogP contribution in [0.4, 0.5) is 13.2 Å². The standard InChI is InChI=1S/C21H23F3N2O5S/c1-12(21(22,23)24)31-18-6-5-15(32(2,28)29)9-16(18)20(27)26-8-7-14(10-26)17-11-30-19(25-17)13-3-4-13/h5-6,9,11-14H,3-4,7-8,10H2,1-2H3. The Balaban J connectivity index is 1.58. The predicted octanol–water partition coefficient (Wildman–Crippen LogP) is 3.91. The highest BCUT2D eigenvalue weighted by Crippen LogP contribution is 2.40. The van der Waals surface area contributed by atoms with Crippen molar-refractivity contribution in [3.05, 3.63) is 41.6 Å². The minimum atomic E-state index is -4.64. The van der Waals surface area contributed by atoms with Crippen molar-refractivity contribution in [2.45, 2.75) is 55.2 Å². The van der Waals surface area contributed by atoms with Crippen molar-refractivity contribution in [2.75, 3.05) is 19.3 Å². The highest BCUT2D eigenvalue weighted by atomic mass is 32.2. The quantitative estimate of drug-likeness (QED) is 0.633. The van der Waals surface area contributed by atoms with Crippen LogP contribution in [-0.4, -0.2) is 55.8 Å². The van der Waals surface area contributed by atoms with Gasteiger partial charge in [0.2, 0.25) is 0 Å². The van der Waals surface area contributed by atoms with Crippen LogP contribution in [0.25, 0.3) is 0 Å². The number of ether oxygens (including phenoxy) is 1. The highest BCUT2D eigenvalue weighted by Gasteiger charge is 2.39. The molecule has 2 unspecified atom stereocenters. The number of alkyl halides is 3. The normalized spacial score (nSPS) is 20.4. The third-order valence-electron chi connectivity index (χ3n) is 5.73. The average Bonchev–Trinajstić information content (AvgIpc) is 3.24. The first kappa shape index (κ1) is 22.6. The third-order valence-corrected chi connectivity index (χ3v) is 6.84. The molecule has 1 aromatic carbocycles. The molecule has 0 N–H and O–H groups in total. The number of benzene rings is 1. The molecule has 0 radical (unpaired) electrons. The van der Waals surface area contributed by atoms with Gasteiger partial charge in [0.15, 0.2) is 21.8 Å². The maximum absolute atomic E-state index is 13.2. The maximum Gasteiger partial charge on any atom is 0.425 e. The molecule has 1 saturated heterocycles. The fourth-order valence-corrected chi connectivity index (χ4v) is 4.28. The first-order chi connectivity index (χ1) is 14.9. The van der Waals surface area contributed by atoms with Gasteiger partial charge in [0.05, 0.1) is 16.2 Å². The van der Waals surface area contributed by atoms with E-state index in [1.54, 1.807) is 6.26 Å². The Morgan fingerprint density at radius 3 is 2.59 bits per heavy atom. The van der Waals surface area contributed by atoms with Crippen LogP contribution in [0.15, 0.2) is 33.8 Å². The van der Waals surface area contributed by atoms with Gasteiger partial charge in [-0.05, 0) is 44.4 Å². The second kappa shape index (κ2) is 8.09. The van der Waals surface area contributed by atoms with Crippen molar-refractivity contribution in [3.63, 3.8) is 0 Å². The van der Waals surface area contributed by atoms with Crippen LogP contribution < -0.4 is 4.74 Å². The average molecular weight is 472 g/mol. The largest absolute Gasteiger partial charge is 0.480 e. The monoisotopic (exact) mass is 472 g/mol. The molecular weight excluding hydrogens is 449 g/mol. The van der Waals surface area contributed by atoms with Crippen molar-refractivity contribution in [1.82, 2.24) is 9.88 Å². The number of hydrogen-bond donors (Lipinski definition) is 0. The van der Waals surface area contributed by atoms with Crippen LogP contribution >= 0.6 is 0 Å². The van der Waals surface area contributed by atoms with Crippen LogP contribution in [0.2, 0.25) is 0 Å². The van der Waals surface area contributed by atoms with Gasteiger partial charge in [-0.2, -0.15) is 13.2 Å². The van der Waals surface area contributed by atoms with Gasteiger partial charge in [-0.15, -0.1) is 0 Å². The molecule has 2 fully saturated rings. The van der Waals surface area contributed by atoms with Gasteiger partial charge in [-0.1, -0.05) is 0 Å². The van der Waals surface area contributed by atoms with E-state index in [2.05, 4.69) is 4.98 Å². The molecule has 1 amide bonds. The summed E-state index contributed by atoms with van der Waals surface area (Å²) in [7, 11) is -3.68. The second-order valence-electron chi connectivity index (χ2n) is 8.35. The molecule has 7 nitrogen and oxygen atoms in total. The zero-order valence-corrected chi connectivity index (χ0v) is 18.4. The molecule has 1 aliphatic carbocycles. The van der Waals surface area contributed by atoms with Crippen LogP contribution in [0, 0.1) is 0 Å². The van der Waals surface area contributed by atoms with E-state index in [1.807, 2.05) is 0 Å². The summed E-state index contributed by atoms with van der Waals surface area (Å²) in [5, 5.41) is 0. The van der Waals surface area contributed by atoms with Gasteiger partial charge in [0, 0.05) is 31.2 Å². The molecule has 2 heterocycles. The number of carbonyl (C=O) groups excluding carboxylic acids is 1. The number of likely N-dealkylation sites (tertiary alicyclic amines) is 1. The topological polar surface area (TPSA) is 89.7 Å². The van der Waals surface area contributed by atoms with E-state index in [1.165, 1.54) is 4.90 Å². The minimum absolute atomic E-state index is 0.0632. The lowest BCUT2D eigenvalue weighted by molar-refractivity contribution is -0.189. The van der Waals surface area contributed by atoms with E-state index >= 15 is 0 Å². The summed E-state index contributed by atoms with van der Waals surface area (Å²) in [6.45, 7) is 1.48. The minimum Gasteiger partial charge on any atom is -0.480 e. The van der Waals surface area contributed by atoms with E-state index in [0.717, 1.165) is 49.9 Å². The Morgan fingerprint density at radius 2 is 1.97 bits per heavy atom. The predicted molar refractivity (Wildman–Crippen MR) is 107 cm³/mol. The molecule has 0 bridgehead atoms. The first-order valence-electron chi connectivity index (χ1n) is 10.3. The van der Waals surface area contributed by atoms with E-state index in [9.17, 15) is 26.4 Å². The molecule has 2 aliphatic rings. The Hall–Kier alpha value is -2.56. The lowest BCUT2D eigenvalue weighted by Crippen LogP contribution is -2.33. The summed E-state index contributed by atoms with van der Waals surface area (Å²) in [5.41, 5.74) is 0.526. The summed E-state index contributed by atoms with van der Waals surface area (Å²) in [5.74, 6) is 0.0904. The van der Waals surface area contributed by atoms with Gasteiger partial charge in [-0.3, -0.25) is 4.79 Å². The summed E-state index contributed by atoms with van der Waals surface area (Å²) in [6, 6.07) is 3.30. The number of carbonyl (C=O) groups is 1. The first-order valence-corrected chi connectivity index (χ1v) is 12.1.